The maximum Gasteiger partial charge on any atom is 0.472 e. The Hall–Kier alpha value is 0.0700. The van der Waals surface area contributed by atoms with Gasteiger partial charge in [-0.05, 0) is 51.7 Å². The molecule has 0 aliphatic heterocycles. The summed E-state index contributed by atoms with van der Waals surface area (Å²) in [4.78, 5) is 12.6. The molecule has 0 fully saturated rings. The van der Waals surface area contributed by atoms with E-state index in [-0.39, 0.29) is 0 Å². The molecule has 0 rings (SSSR count). The van der Waals surface area contributed by atoms with Crippen LogP contribution in [0.15, 0.2) is 0 Å². The summed E-state index contributed by atoms with van der Waals surface area (Å²) >= 11 is 0. The molecule has 1 atom stereocenters. The minimum absolute atomic E-state index is 0.311. The molecule has 0 aliphatic rings. The van der Waals surface area contributed by atoms with E-state index < -0.39 is 7.82 Å². The Balaban J connectivity index is 3.96. The average molecular weight is 590 g/mol. The predicted octanol–water partition coefficient (Wildman–Crippen LogP) is 11.6. The molecule has 6 heteroatoms. The van der Waals surface area contributed by atoms with Gasteiger partial charge in [0.05, 0.1) is 13.2 Å². The molecule has 40 heavy (non-hydrogen) atoms. The van der Waals surface area contributed by atoms with E-state index in [9.17, 15) is 9.46 Å². The minimum atomic E-state index is -3.88. The van der Waals surface area contributed by atoms with Gasteiger partial charge in [0.25, 0.3) is 0 Å². The van der Waals surface area contributed by atoms with Gasteiger partial charge >= 0.3 is 7.82 Å². The van der Waals surface area contributed by atoms with Gasteiger partial charge in [0.1, 0.15) is 0 Å². The van der Waals surface area contributed by atoms with Crippen LogP contribution in [0.3, 0.4) is 0 Å². The van der Waals surface area contributed by atoms with Crippen molar-refractivity contribution >= 4 is 7.82 Å². The molecular weight excluding hydrogens is 517 g/mol. The normalized spacial score (nSPS) is 13.3. The Morgan fingerprint density at radius 1 is 0.425 bits per heavy atom. The van der Waals surface area contributed by atoms with Gasteiger partial charge in [0.15, 0.2) is 0 Å². The highest BCUT2D eigenvalue weighted by atomic mass is 31.2. The molecule has 0 aromatic rings. The highest BCUT2D eigenvalue weighted by molar-refractivity contribution is 7.47. The predicted molar refractivity (Wildman–Crippen MR) is 175 cm³/mol. The zero-order valence-corrected chi connectivity index (χ0v) is 28.4. The Morgan fingerprint density at radius 2 is 0.675 bits per heavy atom. The largest absolute Gasteiger partial charge is 0.472 e. The lowest BCUT2D eigenvalue weighted by Crippen LogP contribution is -2.27. The molecule has 0 aromatic heterocycles. The zero-order chi connectivity index (χ0) is 29.4. The molecule has 242 valence electrons. The van der Waals surface area contributed by atoms with Crippen LogP contribution in [0.1, 0.15) is 188 Å². The molecule has 0 amide bonds. The van der Waals surface area contributed by atoms with Crippen LogP contribution in [0.25, 0.3) is 0 Å². The summed E-state index contributed by atoms with van der Waals surface area (Å²) in [6, 6.07) is 0. The topological polar surface area (TPSA) is 59.0 Å². The number of phosphoric acid groups is 1. The molecule has 0 bridgehead atoms. The van der Waals surface area contributed by atoms with E-state index in [4.69, 9.17) is 9.05 Å². The van der Waals surface area contributed by atoms with E-state index in [1.807, 2.05) is 0 Å². The number of unbranched alkanes of at least 4 members (excludes halogenated alkanes) is 22. The summed E-state index contributed by atoms with van der Waals surface area (Å²) in [7, 11) is -3.88. The van der Waals surface area contributed by atoms with Crippen molar-refractivity contribution in [3.63, 3.8) is 0 Å². The smallest absolute Gasteiger partial charge is 0.303 e. The van der Waals surface area contributed by atoms with Crippen LogP contribution >= 0.6 is 7.82 Å². The highest BCUT2D eigenvalue weighted by Crippen LogP contribution is 2.43. The molecule has 0 saturated heterocycles. The van der Waals surface area contributed by atoms with Crippen LogP contribution in [0.2, 0.25) is 0 Å². The number of phosphoric ester groups is 1. The summed E-state index contributed by atoms with van der Waals surface area (Å²) in [5, 5.41) is 0. The highest BCUT2D eigenvalue weighted by Gasteiger charge is 2.19. The van der Waals surface area contributed by atoms with E-state index >= 15 is 0 Å². The first-order chi connectivity index (χ1) is 19.6. The Kier molecular flexibility index (Phi) is 32.0. The van der Waals surface area contributed by atoms with Crippen molar-refractivity contribution in [3.8, 4) is 0 Å². The molecule has 1 N–H and O–H groups in total. The molecule has 1 unspecified atom stereocenters. The first kappa shape index (κ1) is 40.1. The molecule has 0 spiro atoms. The fraction of sp³-hybridized carbons (Fsp3) is 1.00. The van der Waals surface area contributed by atoms with Gasteiger partial charge in [-0.25, -0.2) is 4.57 Å². The number of nitrogens with zero attached hydrogens (tertiary/aromatic N) is 1. The number of hydrogen-bond acceptors (Lipinski definition) is 4. The Labute approximate surface area is 251 Å². The number of hydrogen-bond donors (Lipinski definition) is 1. The summed E-state index contributed by atoms with van der Waals surface area (Å²) in [5.74, 6) is 0. The molecule has 0 radical (unpaired) electrons. The molecule has 0 saturated carbocycles. The van der Waals surface area contributed by atoms with Gasteiger partial charge in [-0.3, -0.25) is 9.05 Å². The van der Waals surface area contributed by atoms with E-state index in [0.717, 1.165) is 32.1 Å². The van der Waals surface area contributed by atoms with Crippen LogP contribution in [-0.2, 0) is 13.6 Å². The SMILES string of the molecule is CCCCCCCCCCN(CCCCCCCCCC)CCCCCCCOP(=O)(O)OCCCCCCC. The Bertz CT molecular complexity index is 514. The third kappa shape index (κ3) is 31.0. The third-order valence-corrected chi connectivity index (χ3v) is 9.05. The lowest BCUT2D eigenvalue weighted by Gasteiger charge is -2.22. The maximum absolute atomic E-state index is 12.0. The lowest BCUT2D eigenvalue weighted by atomic mass is 10.1. The van der Waals surface area contributed by atoms with E-state index in [2.05, 4.69) is 25.7 Å². The van der Waals surface area contributed by atoms with Crippen molar-refractivity contribution in [1.82, 2.24) is 4.90 Å². The second-order valence-corrected chi connectivity index (χ2v) is 13.6. The van der Waals surface area contributed by atoms with Crippen molar-refractivity contribution < 1.29 is 18.5 Å². The molecular formula is C34H72NO4P. The molecule has 0 aromatic carbocycles. The fourth-order valence-corrected chi connectivity index (χ4v) is 6.14. The van der Waals surface area contributed by atoms with Gasteiger partial charge in [0.2, 0.25) is 0 Å². The van der Waals surface area contributed by atoms with E-state index in [1.165, 1.54) is 154 Å². The van der Waals surface area contributed by atoms with Crippen molar-refractivity contribution in [3.05, 3.63) is 0 Å². The monoisotopic (exact) mass is 590 g/mol. The van der Waals surface area contributed by atoms with Crippen LogP contribution in [-0.4, -0.2) is 42.6 Å². The summed E-state index contributed by atoms with van der Waals surface area (Å²) in [6.45, 7) is 11.1. The Morgan fingerprint density at radius 3 is 0.975 bits per heavy atom. The maximum atomic E-state index is 12.0. The van der Waals surface area contributed by atoms with Gasteiger partial charge in [0, 0.05) is 0 Å². The molecule has 0 aliphatic carbocycles. The first-order valence-electron chi connectivity index (χ1n) is 17.9. The summed E-state index contributed by atoms with van der Waals surface area (Å²) in [6.07, 6.45) is 33.2. The van der Waals surface area contributed by atoms with Crippen LogP contribution < -0.4 is 0 Å². The van der Waals surface area contributed by atoms with E-state index in [1.54, 1.807) is 0 Å². The third-order valence-electron chi connectivity index (χ3n) is 8.03. The van der Waals surface area contributed by atoms with Crippen LogP contribution in [0.5, 0.6) is 0 Å². The van der Waals surface area contributed by atoms with Gasteiger partial charge in [-0.15, -0.1) is 0 Å². The second kappa shape index (κ2) is 32.0. The van der Waals surface area contributed by atoms with Crippen molar-refractivity contribution in [1.29, 1.82) is 0 Å². The average Bonchev–Trinajstić information content (AvgIpc) is 2.94. The lowest BCUT2D eigenvalue weighted by molar-refractivity contribution is 0.145. The van der Waals surface area contributed by atoms with Crippen molar-refractivity contribution in [2.45, 2.75) is 188 Å². The summed E-state index contributed by atoms with van der Waals surface area (Å²) in [5.41, 5.74) is 0. The van der Waals surface area contributed by atoms with Gasteiger partial charge in [-0.1, -0.05) is 156 Å². The zero-order valence-electron chi connectivity index (χ0n) is 27.5. The van der Waals surface area contributed by atoms with Crippen LogP contribution in [0.4, 0.5) is 0 Å². The summed E-state index contributed by atoms with van der Waals surface area (Å²) < 4.78 is 22.3. The van der Waals surface area contributed by atoms with E-state index in [0.29, 0.717) is 13.2 Å². The van der Waals surface area contributed by atoms with Crippen molar-refractivity contribution in [2.24, 2.45) is 0 Å². The van der Waals surface area contributed by atoms with Gasteiger partial charge in [-0.2, -0.15) is 0 Å². The first-order valence-corrected chi connectivity index (χ1v) is 19.4. The van der Waals surface area contributed by atoms with Crippen LogP contribution in [0, 0.1) is 0 Å². The second-order valence-electron chi connectivity index (χ2n) is 12.1. The molecule has 0 heterocycles. The standard InChI is InChI=1S/C34H72NO4P/c1-4-7-10-13-15-17-20-25-30-35(31-26-21-18-16-14-11-8-5-2)32-27-22-19-24-29-34-39-40(36,37)38-33-28-23-12-9-6-3/h4-34H2,1-3H3,(H,36,37). The fourth-order valence-electron chi connectivity index (χ4n) is 5.34. The van der Waals surface area contributed by atoms with Gasteiger partial charge < -0.3 is 9.79 Å². The quantitative estimate of drug-likeness (QED) is 0.0597. The van der Waals surface area contributed by atoms with Crippen molar-refractivity contribution in [2.75, 3.05) is 32.8 Å². The minimum Gasteiger partial charge on any atom is -0.303 e. The molecule has 5 nitrogen and oxygen atoms in total. The number of rotatable bonds is 34.